The number of aryl methyl sites for hydroxylation is 1. The predicted molar refractivity (Wildman–Crippen MR) is 90.2 cm³/mol. The molecule has 2 saturated heterocycles. The zero-order valence-electron chi connectivity index (χ0n) is 14.7. The number of hydrogen-bond acceptors (Lipinski definition) is 5. The average molecular weight is 380 g/mol. The third-order valence-corrected chi connectivity index (χ3v) is 5.32. The van der Waals surface area contributed by atoms with E-state index in [4.69, 9.17) is 4.52 Å². The van der Waals surface area contributed by atoms with Gasteiger partial charge in [-0.3, -0.25) is 4.79 Å². The van der Waals surface area contributed by atoms with Gasteiger partial charge in [-0.2, -0.15) is 13.2 Å². The molecule has 6 nitrogen and oxygen atoms in total. The Morgan fingerprint density at radius 2 is 2.04 bits per heavy atom. The van der Waals surface area contributed by atoms with Crippen LogP contribution in [0.4, 0.5) is 19.0 Å². The third-order valence-electron chi connectivity index (χ3n) is 5.32. The molecule has 2 aliphatic heterocycles. The number of piperidine rings is 1. The number of hydrogen-bond donors (Lipinski definition) is 0. The van der Waals surface area contributed by atoms with Gasteiger partial charge in [0.25, 0.3) is 5.91 Å². The number of anilines is 1. The molecule has 144 valence electrons. The third kappa shape index (κ3) is 3.38. The number of pyridine rings is 1. The second-order valence-corrected chi connectivity index (χ2v) is 7.05. The van der Waals surface area contributed by atoms with Crippen molar-refractivity contribution in [2.24, 2.45) is 5.92 Å². The van der Waals surface area contributed by atoms with Gasteiger partial charge in [0, 0.05) is 25.7 Å². The van der Waals surface area contributed by atoms with E-state index in [0.717, 1.165) is 18.9 Å². The van der Waals surface area contributed by atoms with Crippen LogP contribution in [0.3, 0.4) is 0 Å². The van der Waals surface area contributed by atoms with Crippen molar-refractivity contribution in [3.05, 3.63) is 41.4 Å². The summed E-state index contributed by atoms with van der Waals surface area (Å²) in [5.74, 6) is 0.995. The van der Waals surface area contributed by atoms with E-state index in [0.29, 0.717) is 37.1 Å². The van der Waals surface area contributed by atoms with Crippen molar-refractivity contribution in [1.82, 2.24) is 15.0 Å². The summed E-state index contributed by atoms with van der Waals surface area (Å²) >= 11 is 0. The summed E-state index contributed by atoms with van der Waals surface area (Å²) < 4.78 is 43.9. The van der Waals surface area contributed by atoms with Crippen LogP contribution in [0.2, 0.25) is 0 Å². The highest BCUT2D eigenvalue weighted by Gasteiger charge is 2.42. The van der Waals surface area contributed by atoms with Gasteiger partial charge in [-0.25, -0.2) is 4.98 Å². The fourth-order valence-electron chi connectivity index (χ4n) is 3.97. The molecule has 2 unspecified atom stereocenters. The van der Waals surface area contributed by atoms with Crippen LogP contribution < -0.4 is 4.90 Å². The predicted octanol–water partition coefficient (Wildman–Crippen LogP) is 3.14. The molecule has 1 amide bonds. The first-order chi connectivity index (χ1) is 12.8. The van der Waals surface area contributed by atoms with Crippen molar-refractivity contribution in [3.8, 4) is 0 Å². The minimum atomic E-state index is -4.48. The molecule has 4 rings (SSSR count). The monoisotopic (exact) mass is 380 g/mol. The quantitative estimate of drug-likeness (QED) is 0.801. The zero-order chi connectivity index (χ0) is 19.2. The first-order valence-electron chi connectivity index (χ1n) is 8.86. The normalized spacial score (nSPS) is 22.8. The maximum Gasteiger partial charge on any atom is 0.433 e. The molecule has 0 spiro atoms. The molecule has 2 atom stereocenters. The van der Waals surface area contributed by atoms with E-state index in [1.165, 1.54) is 6.07 Å². The number of likely N-dealkylation sites (tertiary alicyclic amines) is 1. The Bertz CT molecular complexity index is 851. The zero-order valence-corrected chi connectivity index (χ0v) is 14.7. The topological polar surface area (TPSA) is 62.5 Å². The molecule has 2 aromatic heterocycles. The highest BCUT2D eigenvalue weighted by atomic mass is 19.4. The molecule has 9 heteroatoms. The van der Waals surface area contributed by atoms with Gasteiger partial charge in [-0.1, -0.05) is 11.2 Å². The first-order valence-corrected chi connectivity index (χ1v) is 8.86. The van der Waals surface area contributed by atoms with Crippen LogP contribution in [0.1, 0.15) is 34.8 Å². The molecule has 0 bridgehead atoms. The van der Waals surface area contributed by atoms with Crippen molar-refractivity contribution in [2.75, 3.05) is 24.5 Å². The van der Waals surface area contributed by atoms with E-state index >= 15 is 0 Å². The van der Waals surface area contributed by atoms with Crippen LogP contribution in [-0.2, 0) is 6.18 Å². The van der Waals surface area contributed by atoms with E-state index in [9.17, 15) is 18.0 Å². The molecule has 0 aromatic carbocycles. The van der Waals surface area contributed by atoms with Crippen molar-refractivity contribution in [3.63, 3.8) is 0 Å². The molecule has 2 aromatic rings. The summed E-state index contributed by atoms with van der Waals surface area (Å²) in [4.78, 5) is 20.1. The summed E-state index contributed by atoms with van der Waals surface area (Å²) in [6.07, 6.45) is -2.78. The Balaban J connectivity index is 1.54. The Labute approximate surface area is 153 Å². The lowest BCUT2D eigenvalue weighted by molar-refractivity contribution is -0.141. The van der Waals surface area contributed by atoms with Crippen LogP contribution >= 0.6 is 0 Å². The Kier molecular flexibility index (Phi) is 4.32. The van der Waals surface area contributed by atoms with Crippen LogP contribution in [0.5, 0.6) is 0 Å². The highest BCUT2D eigenvalue weighted by molar-refractivity contribution is 5.92. The lowest BCUT2D eigenvalue weighted by Crippen LogP contribution is -2.50. The Morgan fingerprint density at radius 1 is 1.26 bits per heavy atom. The molecule has 0 aliphatic carbocycles. The molecule has 0 radical (unpaired) electrons. The summed E-state index contributed by atoms with van der Waals surface area (Å²) in [6.45, 7) is 3.42. The minimum absolute atomic E-state index is 0.0698. The van der Waals surface area contributed by atoms with Crippen LogP contribution in [-0.4, -0.2) is 46.6 Å². The second-order valence-electron chi connectivity index (χ2n) is 7.05. The van der Waals surface area contributed by atoms with Gasteiger partial charge in [0.1, 0.15) is 17.3 Å². The van der Waals surface area contributed by atoms with Crippen LogP contribution in [0, 0.1) is 12.8 Å². The first kappa shape index (κ1) is 17.8. The highest BCUT2D eigenvalue weighted by Crippen LogP contribution is 2.35. The maximum atomic E-state index is 13.0. The Morgan fingerprint density at radius 3 is 2.74 bits per heavy atom. The SMILES string of the molecule is Cc1cc(C(=O)N2CCC3CCN(c4cccc(C(F)(F)F)n4)CC32)no1. The number of halogens is 3. The number of rotatable bonds is 2. The van der Waals surface area contributed by atoms with Crippen LogP contribution in [0.25, 0.3) is 0 Å². The van der Waals surface area contributed by atoms with E-state index in [2.05, 4.69) is 10.1 Å². The minimum Gasteiger partial charge on any atom is -0.361 e. The number of carbonyl (C=O) groups excluding carboxylic acids is 1. The van der Waals surface area contributed by atoms with Crippen LogP contribution in [0.15, 0.2) is 28.8 Å². The van der Waals surface area contributed by atoms with Gasteiger partial charge in [0.2, 0.25) is 0 Å². The fourth-order valence-corrected chi connectivity index (χ4v) is 3.97. The summed E-state index contributed by atoms with van der Waals surface area (Å²) in [6, 6.07) is 5.45. The van der Waals surface area contributed by atoms with E-state index in [1.54, 1.807) is 24.0 Å². The smallest absolute Gasteiger partial charge is 0.361 e. The second kappa shape index (κ2) is 6.54. The van der Waals surface area contributed by atoms with Gasteiger partial charge in [-0.05, 0) is 37.8 Å². The summed E-state index contributed by atoms with van der Waals surface area (Å²) in [5, 5.41) is 3.80. The molecular weight excluding hydrogens is 361 g/mol. The lowest BCUT2D eigenvalue weighted by Gasteiger charge is -2.39. The van der Waals surface area contributed by atoms with Gasteiger partial charge >= 0.3 is 6.18 Å². The standard InChI is InChI=1S/C18H19F3N4O2/c1-11-9-13(23-27-11)17(26)25-8-6-12-5-7-24(10-14(12)25)16-4-2-3-15(22-16)18(19,20)21/h2-4,9,12,14H,5-8,10H2,1H3. The van der Waals surface area contributed by atoms with Gasteiger partial charge in [0.05, 0.1) is 6.04 Å². The molecule has 0 N–H and O–H groups in total. The van der Waals surface area contributed by atoms with Crippen molar-refractivity contribution >= 4 is 11.7 Å². The van der Waals surface area contributed by atoms with Crippen molar-refractivity contribution < 1.29 is 22.5 Å². The molecule has 4 heterocycles. The number of alkyl halides is 3. The van der Waals surface area contributed by atoms with E-state index in [-0.39, 0.29) is 17.6 Å². The number of carbonyl (C=O) groups is 1. The number of aromatic nitrogens is 2. The van der Waals surface area contributed by atoms with Gasteiger partial charge in [0.15, 0.2) is 5.69 Å². The van der Waals surface area contributed by atoms with Gasteiger partial charge < -0.3 is 14.3 Å². The molecule has 2 aliphatic rings. The number of fused-ring (bicyclic) bond motifs is 1. The molecule has 2 fully saturated rings. The Hall–Kier alpha value is -2.58. The largest absolute Gasteiger partial charge is 0.433 e. The van der Waals surface area contributed by atoms with E-state index < -0.39 is 11.9 Å². The van der Waals surface area contributed by atoms with Crippen molar-refractivity contribution in [1.29, 1.82) is 0 Å². The lowest BCUT2D eigenvalue weighted by atomic mass is 9.92. The summed E-state index contributed by atoms with van der Waals surface area (Å²) in [5.41, 5.74) is -0.637. The maximum absolute atomic E-state index is 13.0. The average Bonchev–Trinajstić information content (AvgIpc) is 3.26. The molecular formula is C18H19F3N4O2. The van der Waals surface area contributed by atoms with Crippen molar-refractivity contribution in [2.45, 2.75) is 32.0 Å². The number of nitrogens with zero attached hydrogens (tertiary/aromatic N) is 4. The fraction of sp³-hybridized carbons (Fsp3) is 0.500. The van der Waals surface area contributed by atoms with E-state index in [1.807, 2.05) is 4.90 Å². The molecule has 0 saturated carbocycles. The van der Waals surface area contributed by atoms with Gasteiger partial charge in [-0.15, -0.1) is 0 Å². The summed E-state index contributed by atoms with van der Waals surface area (Å²) in [7, 11) is 0. The molecule has 27 heavy (non-hydrogen) atoms. The number of amides is 1.